The molecule has 3 nitrogen and oxygen atoms in total. The molecule has 0 saturated heterocycles. The fourth-order valence-corrected chi connectivity index (χ4v) is 0.838. The zero-order valence-electron chi connectivity index (χ0n) is 7.78. The Hall–Kier alpha value is -1.40. The Morgan fingerprint density at radius 1 is 1.54 bits per heavy atom. The Morgan fingerprint density at radius 3 is 2.92 bits per heavy atom. The molecule has 1 heterocycles. The van der Waals surface area contributed by atoms with Gasteiger partial charge in [0.15, 0.2) is 0 Å². The van der Waals surface area contributed by atoms with Gasteiger partial charge in [-0.15, -0.1) is 0 Å². The second-order valence-electron chi connectivity index (χ2n) is 2.69. The van der Waals surface area contributed by atoms with Gasteiger partial charge in [-0.1, -0.05) is 12.8 Å². The molecule has 0 aliphatic heterocycles. The average molecular weight is 176 g/mol. The van der Waals surface area contributed by atoms with Gasteiger partial charge in [0.2, 0.25) is 0 Å². The van der Waals surface area contributed by atoms with Crippen molar-refractivity contribution in [3.63, 3.8) is 0 Å². The highest BCUT2D eigenvalue weighted by Crippen LogP contribution is 1.96. The SMILES string of the molecule is CCc1cc(C#C[C@@H](C)O)ncn1. The summed E-state index contributed by atoms with van der Waals surface area (Å²) in [5.41, 5.74) is 1.62. The van der Waals surface area contributed by atoms with E-state index in [4.69, 9.17) is 5.11 Å². The van der Waals surface area contributed by atoms with E-state index in [1.54, 1.807) is 6.92 Å². The Morgan fingerprint density at radius 2 is 2.31 bits per heavy atom. The maximum atomic E-state index is 8.92. The van der Waals surface area contributed by atoms with Crippen LogP contribution in [0.2, 0.25) is 0 Å². The first kappa shape index (κ1) is 9.69. The molecule has 0 aliphatic carbocycles. The van der Waals surface area contributed by atoms with Gasteiger partial charge in [0.05, 0.1) is 0 Å². The molecule has 0 aromatic carbocycles. The van der Waals surface area contributed by atoms with Gasteiger partial charge in [-0.05, 0) is 25.3 Å². The summed E-state index contributed by atoms with van der Waals surface area (Å²) >= 11 is 0. The zero-order chi connectivity index (χ0) is 9.68. The molecule has 68 valence electrons. The normalized spacial score (nSPS) is 11.6. The summed E-state index contributed by atoms with van der Waals surface area (Å²) < 4.78 is 0. The van der Waals surface area contributed by atoms with Crippen molar-refractivity contribution in [3.8, 4) is 11.8 Å². The zero-order valence-corrected chi connectivity index (χ0v) is 7.78. The fourth-order valence-electron chi connectivity index (χ4n) is 0.838. The number of aromatic nitrogens is 2. The lowest BCUT2D eigenvalue weighted by atomic mass is 10.2. The van der Waals surface area contributed by atoms with Crippen molar-refractivity contribution in [2.75, 3.05) is 0 Å². The molecule has 0 fully saturated rings. The van der Waals surface area contributed by atoms with Gasteiger partial charge in [-0.25, -0.2) is 9.97 Å². The van der Waals surface area contributed by atoms with Crippen molar-refractivity contribution in [3.05, 3.63) is 23.8 Å². The first-order chi connectivity index (χ1) is 6.22. The number of hydrogen-bond donors (Lipinski definition) is 1. The van der Waals surface area contributed by atoms with Crippen LogP contribution in [0.25, 0.3) is 0 Å². The van der Waals surface area contributed by atoms with E-state index in [2.05, 4.69) is 21.8 Å². The van der Waals surface area contributed by atoms with E-state index in [0.717, 1.165) is 12.1 Å². The molecule has 1 aromatic heterocycles. The summed E-state index contributed by atoms with van der Waals surface area (Å²) in [6.45, 7) is 3.64. The van der Waals surface area contributed by atoms with Crippen LogP contribution in [-0.2, 0) is 6.42 Å². The number of aliphatic hydroxyl groups excluding tert-OH is 1. The van der Waals surface area contributed by atoms with Crippen molar-refractivity contribution in [1.82, 2.24) is 9.97 Å². The van der Waals surface area contributed by atoms with Crippen molar-refractivity contribution >= 4 is 0 Å². The van der Waals surface area contributed by atoms with Crippen LogP contribution in [0.1, 0.15) is 25.2 Å². The van der Waals surface area contributed by atoms with Crippen LogP contribution in [0.3, 0.4) is 0 Å². The van der Waals surface area contributed by atoms with Gasteiger partial charge in [-0.3, -0.25) is 0 Å². The molecular weight excluding hydrogens is 164 g/mol. The van der Waals surface area contributed by atoms with Crippen LogP contribution in [-0.4, -0.2) is 21.2 Å². The van der Waals surface area contributed by atoms with Crippen LogP contribution < -0.4 is 0 Å². The molecule has 0 spiro atoms. The Bertz CT molecular complexity index is 336. The Kier molecular flexibility index (Phi) is 3.41. The number of aryl methyl sites for hydroxylation is 1. The molecule has 3 heteroatoms. The van der Waals surface area contributed by atoms with Gasteiger partial charge in [0, 0.05) is 5.69 Å². The molecule has 13 heavy (non-hydrogen) atoms. The molecule has 0 aliphatic rings. The third-order valence-electron chi connectivity index (χ3n) is 1.50. The Balaban J connectivity index is 2.85. The lowest BCUT2D eigenvalue weighted by molar-refractivity contribution is 0.253. The second-order valence-corrected chi connectivity index (χ2v) is 2.69. The van der Waals surface area contributed by atoms with Gasteiger partial charge >= 0.3 is 0 Å². The van der Waals surface area contributed by atoms with E-state index in [-0.39, 0.29) is 0 Å². The highest BCUT2D eigenvalue weighted by molar-refractivity contribution is 5.28. The summed E-state index contributed by atoms with van der Waals surface area (Å²) in [5, 5.41) is 8.92. The number of hydrogen-bond acceptors (Lipinski definition) is 3. The smallest absolute Gasteiger partial charge is 0.117 e. The predicted molar refractivity (Wildman–Crippen MR) is 50.0 cm³/mol. The standard InChI is InChI=1S/C10H12N2O/c1-3-9-6-10(12-7-11-9)5-4-8(2)13/h6-8,13H,3H2,1-2H3/t8-/m1/s1. The van der Waals surface area contributed by atoms with Gasteiger partial charge in [0.1, 0.15) is 18.1 Å². The van der Waals surface area contributed by atoms with Crippen molar-refractivity contribution in [2.45, 2.75) is 26.4 Å². The third-order valence-corrected chi connectivity index (χ3v) is 1.50. The summed E-state index contributed by atoms with van der Waals surface area (Å²) in [4.78, 5) is 8.01. The number of rotatable bonds is 1. The van der Waals surface area contributed by atoms with Crippen molar-refractivity contribution < 1.29 is 5.11 Å². The van der Waals surface area contributed by atoms with E-state index < -0.39 is 6.10 Å². The van der Waals surface area contributed by atoms with Crippen molar-refractivity contribution in [2.24, 2.45) is 0 Å². The predicted octanol–water partition coefficient (Wildman–Crippen LogP) is 0.771. The average Bonchev–Trinajstić information content (AvgIpc) is 2.15. The maximum Gasteiger partial charge on any atom is 0.117 e. The molecule has 0 amide bonds. The van der Waals surface area contributed by atoms with Crippen LogP contribution in [0, 0.1) is 11.8 Å². The van der Waals surface area contributed by atoms with E-state index in [0.29, 0.717) is 5.69 Å². The van der Waals surface area contributed by atoms with Crippen LogP contribution >= 0.6 is 0 Å². The molecule has 0 radical (unpaired) electrons. The molecule has 1 rings (SSSR count). The Labute approximate surface area is 77.9 Å². The molecule has 1 N–H and O–H groups in total. The minimum Gasteiger partial charge on any atom is -0.381 e. The maximum absolute atomic E-state index is 8.92. The minimum atomic E-state index is -0.611. The van der Waals surface area contributed by atoms with Gasteiger partial charge < -0.3 is 5.11 Å². The third kappa shape index (κ3) is 3.22. The molecule has 1 aromatic rings. The minimum absolute atomic E-state index is 0.611. The molecule has 0 unspecified atom stereocenters. The van der Waals surface area contributed by atoms with Gasteiger partial charge in [0.25, 0.3) is 0 Å². The van der Waals surface area contributed by atoms with E-state index in [1.165, 1.54) is 6.33 Å². The van der Waals surface area contributed by atoms with Gasteiger partial charge in [-0.2, -0.15) is 0 Å². The quantitative estimate of drug-likeness (QED) is 0.643. The van der Waals surface area contributed by atoms with E-state index >= 15 is 0 Å². The van der Waals surface area contributed by atoms with E-state index in [9.17, 15) is 0 Å². The first-order valence-corrected chi connectivity index (χ1v) is 4.23. The first-order valence-electron chi connectivity index (χ1n) is 4.23. The van der Waals surface area contributed by atoms with Crippen molar-refractivity contribution in [1.29, 1.82) is 0 Å². The lowest BCUT2D eigenvalue weighted by Crippen LogP contribution is -1.95. The van der Waals surface area contributed by atoms with Crippen LogP contribution in [0.15, 0.2) is 12.4 Å². The highest BCUT2D eigenvalue weighted by Gasteiger charge is 1.93. The largest absolute Gasteiger partial charge is 0.381 e. The van der Waals surface area contributed by atoms with E-state index in [1.807, 2.05) is 13.0 Å². The molecule has 0 saturated carbocycles. The molecular formula is C10H12N2O. The summed E-state index contributed by atoms with van der Waals surface area (Å²) in [5.74, 6) is 5.40. The summed E-state index contributed by atoms with van der Waals surface area (Å²) in [6, 6.07) is 1.83. The molecule has 1 atom stereocenters. The lowest BCUT2D eigenvalue weighted by Gasteiger charge is -1.94. The summed E-state index contributed by atoms with van der Waals surface area (Å²) in [7, 11) is 0. The van der Waals surface area contributed by atoms with Crippen LogP contribution in [0.5, 0.6) is 0 Å². The van der Waals surface area contributed by atoms with Crippen LogP contribution in [0.4, 0.5) is 0 Å². The number of nitrogens with zero attached hydrogens (tertiary/aromatic N) is 2. The highest BCUT2D eigenvalue weighted by atomic mass is 16.3. The fraction of sp³-hybridized carbons (Fsp3) is 0.400. The summed E-state index contributed by atoms with van der Waals surface area (Å²) in [6.07, 6.45) is 1.75. The molecule has 0 bridgehead atoms. The second kappa shape index (κ2) is 4.58. The topological polar surface area (TPSA) is 46.0 Å². The number of aliphatic hydroxyl groups is 1. The monoisotopic (exact) mass is 176 g/mol.